The zero-order chi connectivity index (χ0) is 26.4. The molecule has 3 aromatic rings. The number of carboxylic acids is 1. The highest BCUT2D eigenvalue weighted by Gasteiger charge is 2.44. The molecule has 2 aromatic carbocycles. The van der Waals surface area contributed by atoms with Gasteiger partial charge in [0.2, 0.25) is 5.82 Å². The number of rotatable bonds is 5. The van der Waals surface area contributed by atoms with Crippen molar-refractivity contribution < 1.29 is 45.7 Å². The van der Waals surface area contributed by atoms with Crippen molar-refractivity contribution >= 4 is 29.3 Å². The third kappa shape index (κ3) is 5.05. The fraction of sp³-hybridized carbons (Fsp3) is 0.286. The Labute approximate surface area is 208 Å². The van der Waals surface area contributed by atoms with Crippen LogP contribution in [0.5, 0.6) is 11.5 Å². The Morgan fingerprint density at radius 1 is 1.14 bits per heavy atom. The van der Waals surface area contributed by atoms with E-state index in [1.807, 2.05) is 0 Å². The van der Waals surface area contributed by atoms with E-state index in [0.717, 1.165) is 18.9 Å². The van der Waals surface area contributed by atoms with Crippen LogP contribution in [0, 0.1) is 0 Å². The van der Waals surface area contributed by atoms with Crippen LogP contribution in [0.3, 0.4) is 0 Å². The van der Waals surface area contributed by atoms with E-state index in [9.17, 15) is 36.2 Å². The molecule has 4 rings (SSSR count). The van der Waals surface area contributed by atoms with Crippen molar-refractivity contribution in [2.45, 2.75) is 29.5 Å². The van der Waals surface area contributed by atoms with Crippen LogP contribution >= 0.6 is 23.4 Å². The second-order valence-corrected chi connectivity index (χ2v) is 9.20. The van der Waals surface area contributed by atoms with Crippen molar-refractivity contribution in [1.29, 1.82) is 0 Å². The van der Waals surface area contributed by atoms with Gasteiger partial charge in [0.1, 0.15) is 0 Å². The minimum atomic E-state index is -5.13. The molecule has 1 aromatic heterocycles. The zero-order valence-corrected chi connectivity index (χ0v) is 19.5. The number of halogens is 7. The summed E-state index contributed by atoms with van der Waals surface area (Å²) in [4.78, 5) is 11.6. The van der Waals surface area contributed by atoms with E-state index in [0.29, 0.717) is 4.57 Å². The molecule has 2 unspecified atom stereocenters. The number of carboxylic acid groups (broad SMARTS) is 1. The Morgan fingerprint density at radius 2 is 1.86 bits per heavy atom. The number of aliphatic carboxylic acids is 1. The number of carbonyl (C=O) groups is 1. The first-order chi connectivity index (χ1) is 16.8. The molecule has 2 atom stereocenters. The highest BCUT2D eigenvalue weighted by atomic mass is 35.5. The van der Waals surface area contributed by atoms with Crippen LogP contribution in [0.4, 0.5) is 26.3 Å². The van der Waals surface area contributed by atoms with Crippen molar-refractivity contribution in [3.05, 3.63) is 64.2 Å². The lowest BCUT2D eigenvalue weighted by Gasteiger charge is -2.24. The summed E-state index contributed by atoms with van der Waals surface area (Å²) in [6.45, 7) is 0. The summed E-state index contributed by atoms with van der Waals surface area (Å²) in [6.07, 6.45) is -10.8. The van der Waals surface area contributed by atoms with Crippen LogP contribution in [-0.4, -0.2) is 39.3 Å². The normalized spacial score (nSPS) is 17.7. The SMILES string of the molecule is COc1cccc(C2SC(CC(=O)O)c3nnc(C(F)(F)F)n3-c3ccc(Cl)cc32)c1OC(F)(F)F. The van der Waals surface area contributed by atoms with E-state index < -0.39 is 47.0 Å². The standard InChI is InChI=1S/C21H14ClF6N3O4S/c1-34-13-4-2-3-10(16(13)35-21(26,27)28)17-11-7-9(22)5-6-12(11)31-18(14(36-17)8-15(32)33)29-30-19(31)20(23,24)25/h2-7,14,17H,8H2,1H3,(H,32,33). The summed E-state index contributed by atoms with van der Waals surface area (Å²) in [5, 5.41) is 14.0. The lowest BCUT2D eigenvalue weighted by molar-refractivity contribution is -0.275. The number of para-hydroxylation sites is 1. The molecule has 0 fully saturated rings. The number of ether oxygens (including phenoxy) is 2. The molecule has 15 heteroatoms. The van der Waals surface area contributed by atoms with Gasteiger partial charge in [0.25, 0.3) is 0 Å². The first-order valence-electron chi connectivity index (χ1n) is 9.92. The minimum Gasteiger partial charge on any atom is -0.493 e. The Bertz CT molecular complexity index is 1310. The fourth-order valence-electron chi connectivity index (χ4n) is 3.83. The van der Waals surface area contributed by atoms with E-state index in [1.54, 1.807) is 0 Å². The summed E-state index contributed by atoms with van der Waals surface area (Å²) in [5.41, 5.74) is -0.187. The molecule has 1 aliphatic heterocycles. The Hall–Kier alpha value is -3.13. The molecule has 1 N–H and O–H groups in total. The molecule has 36 heavy (non-hydrogen) atoms. The summed E-state index contributed by atoms with van der Waals surface area (Å²) < 4.78 is 91.4. The number of thioether (sulfide) groups is 1. The Morgan fingerprint density at radius 3 is 2.47 bits per heavy atom. The number of aromatic nitrogens is 3. The van der Waals surface area contributed by atoms with Gasteiger partial charge < -0.3 is 14.6 Å². The van der Waals surface area contributed by atoms with E-state index >= 15 is 0 Å². The molecule has 0 amide bonds. The number of hydrogen-bond donors (Lipinski definition) is 1. The van der Waals surface area contributed by atoms with E-state index in [2.05, 4.69) is 14.9 Å². The highest BCUT2D eigenvalue weighted by Crippen LogP contribution is 2.55. The molecule has 1 aliphatic rings. The topological polar surface area (TPSA) is 86.5 Å². The second kappa shape index (κ2) is 9.39. The van der Waals surface area contributed by atoms with Crippen molar-refractivity contribution in [3.8, 4) is 17.2 Å². The molecule has 0 bridgehead atoms. The monoisotopic (exact) mass is 553 g/mol. The summed E-state index contributed by atoms with van der Waals surface area (Å²) in [6, 6.07) is 7.69. The molecule has 0 aliphatic carbocycles. The predicted molar refractivity (Wildman–Crippen MR) is 115 cm³/mol. The Balaban J connectivity index is 2.03. The van der Waals surface area contributed by atoms with Crippen LogP contribution in [0.1, 0.15) is 39.7 Å². The maximum Gasteiger partial charge on any atom is 0.573 e. The number of hydrogen-bond acceptors (Lipinski definition) is 6. The van der Waals surface area contributed by atoms with Crippen LogP contribution in [0.25, 0.3) is 5.69 Å². The fourth-order valence-corrected chi connectivity index (χ4v) is 5.52. The first kappa shape index (κ1) is 25.9. The van der Waals surface area contributed by atoms with Crippen molar-refractivity contribution in [3.63, 3.8) is 0 Å². The van der Waals surface area contributed by atoms with Gasteiger partial charge in [-0.1, -0.05) is 23.7 Å². The van der Waals surface area contributed by atoms with Crippen LogP contribution < -0.4 is 9.47 Å². The lowest BCUT2D eigenvalue weighted by Crippen LogP contribution is -2.19. The van der Waals surface area contributed by atoms with Gasteiger partial charge in [-0.3, -0.25) is 9.36 Å². The second-order valence-electron chi connectivity index (χ2n) is 7.45. The Kier molecular flexibility index (Phi) is 6.77. The molecule has 0 saturated heterocycles. The summed E-state index contributed by atoms with van der Waals surface area (Å²) >= 11 is 6.92. The number of fused-ring (bicyclic) bond motifs is 3. The summed E-state index contributed by atoms with van der Waals surface area (Å²) in [5.74, 6) is -4.13. The van der Waals surface area contributed by atoms with E-state index in [-0.39, 0.29) is 33.4 Å². The zero-order valence-electron chi connectivity index (χ0n) is 17.9. The molecule has 0 radical (unpaired) electrons. The average molecular weight is 554 g/mol. The molecule has 7 nitrogen and oxygen atoms in total. The van der Waals surface area contributed by atoms with Gasteiger partial charge in [-0.25, -0.2) is 0 Å². The van der Waals surface area contributed by atoms with Crippen molar-refractivity contribution in [1.82, 2.24) is 14.8 Å². The molecule has 0 saturated carbocycles. The lowest BCUT2D eigenvalue weighted by atomic mass is 10.0. The van der Waals surface area contributed by atoms with Gasteiger partial charge in [0.05, 0.1) is 29.7 Å². The van der Waals surface area contributed by atoms with Crippen molar-refractivity contribution in [2.24, 2.45) is 0 Å². The van der Waals surface area contributed by atoms with Gasteiger partial charge in [0, 0.05) is 10.6 Å². The van der Waals surface area contributed by atoms with Crippen molar-refractivity contribution in [2.75, 3.05) is 7.11 Å². The number of alkyl halides is 6. The van der Waals surface area contributed by atoms with Gasteiger partial charge in [-0.15, -0.1) is 35.1 Å². The molecule has 192 valence electrons. The predicted octanol–water partition coefficient (Wildman–Crippen LogP) is 6.20. The van der Waals surface area contributed by atoms with Gasteiger partial charge in [-0.2, -0.15) is 13.2 Å². The first-order valence-corrected chi connectivity index (χ1v) is 11.2. The van der Waals surface area contributed by atoms with E-state index in [1.165, 1.54) is 36.4 Å². The maximum absolute atomic E-state index is 13.8. The number of benzene rings is 2. The maximum atomic E-state index is 13.8. The molecule has 2 heterocycles. The molecular weight excluding hydrogens is 540 g/mol. The van der Waals surface area contributed by atoms with Gasteiger partial charge in [0.15, 0.2) is 17.3 Å². The minimum absolute atomic E-state index is 0.0622. The number of nitrogens with zero attached hydrogens (tertiary/aromatic N) is 3. The quantitative estimate of drug-likeness (QED) is 0.377. The largest absolute Gasteiger partial charge is 0.573 e. The van der Waals surface area contributed by atoms with E-state index in [4.69, 9.17) is 16.3 Å². The van der Waals surface area contributed by atoms with Crippen LogP contribution in [-0.2, 0) is 11.0 Å². The molecular formula is C21H14ClF6N3O4S. The van der Waals surface area contributed by atoms with Crippen LogP contribution in [0.2, 0.25) is 5.02 Å². The summed E-state index contributed by atoms with van der Waals surface area (Å²) in [7, 11) is 1.12. The van der Waals surface area contributed by atoms with Crippen LogP contribution in [0.15, 0.2) is 36.4 Å². The third-order valence-electron chi connectivity index (χ3n) is 5.13. The third-order valence-corrected chi connectivity index (χ3v) is 6.85. The van der Waals surface area contributed by atoms with Gasteiger partial charge in [-0.05, 0) is 29.8 Å². The molecule has 0 spiro atoms. The van der Waals surface area contributed by atoms with Gasteiger partial charge >= 0.3 is 18.5 Å². The average Bonchev–Trinajstić information content (AvgIpc) is 3.16. The highest BCUT2D eigenvalue weighted by molar-refractivity contribution is 8.00. The number of methoxy groups -OCH3 is 1. The smallest absolute Gasteiger partial charge is 0.493 e.